The summed E-state index contributed by atoms with van der Waals surface area (Å²) >= 11 is 0. The Bertz CT molecular complexity index is 752. The summed E-state index contributed by atoms with van der Waals surface area (Å²) in [5, 5.41) is 4.17. The molecular formula is C17H15F2N. The minimum atomic E-state index is -2.39. The zero-order valence-electron chi connectivity index (χ0n) is 10.9. The normalized spacial score (nSPS) is 13.2. The molecule has 1 nitrogen and oxygen atoms in total. The molecule has 0 saturated heterocycles. The van der Waals surface area contributed by atoms with Gasteiger partial charge in [-0.15, -0.1) is 0 Å². The van der Waals surface area contributed by atoms with E-state index in [4.69, 9.17) is 5.73 Å². The van der Waals surface area contributed by atoms with Crippen molar-refractivity contribution in [1.82, 2.24) is 0 Å². The third-order valence-electron chi connectivity index (χ3n) is 3.63. The molecule has 2 N–H and O–H groups in total. The molecule has 0 aliphatic heterocycles. The highest BCUT2D eigenvalue weighted by Crippen LogP contribution is 2.32. The third-order valence-corrected chi connectivity index (χ3v) is 3.63. The van der Waals surface area contributed by atoms with Gasteiger partial charge >= 0.3 is 0 Å². The van der Waals surface area contributed by atoms with Crippen LogP contribution in [0.3, 0.4) is 0 Å². The lowest BCUT2D eigenvalue weighted by Gasteiger charge is -2.16. The lowest BCUT2D eigenvalue weighted by Crippen LogP contribution is -2.14. The maximum absolute atomic E-state index is 12.6. The largest absolute Gasteiger partial charge is 0.324 e. The molecule has 0 fully saturated rings. The quantitative estimate of drug-likeness (QED) is 0.689. The number of hydrogen-bond donors (Lipinski definition) is 1. The molecule has 0 aliphatic carbocycles. The minimum absolute atomic E-state index is 0.317. The van der Waals surface area contributed by atoms with Gasteiger partial charge in [0.1, 0.15) is 0 Å². The Morgan fingerprint density at radius 3 is 2.15 bits per heavy atom. The summed E-state index contributed by atoms with van der Waals surface area (Å²) in [4.78, 5) is 0. The highest BCUT2D eigenvalue weighted by Gasteiger charge is 2.16. The summed E-state index contributed by atoms with van der Waals surface area (Å²) in [6.07, 6.45) is -2.71. The van der Waals surface area contributed by atoms with Crippen molar-refractivity contribution < 1.29 is 8.78 Å². The van der Waals surface area contributed by atoms with Crippen molar-refractivity contribution in [3.8, 4) is 0 Å². The molecule has 0 saturated carbocycles. The van der Waals surface area contributed by atoms with Crippen LogP contribution in [0, 0.1) is 0 Å². The Morgan fingerprint density at radius 2 is 1.45 bits per heavy atom. The standard InChI is InChI=1S/C17H15F2N/c18-17(19)10-16(20)15-9-11-5-1-2-6-12(11)13-7-3-4-8-14(13)15/h1-9,16-17H,10,20H2/t16-/m1/s1. The van der Waals surface area contributed by atoms with Crippen LogP contribution in [-0.4, -0.2) is 6.43 Å². The van der Waals surface area contributed by atoms with Crippen molar-refractivity contribution in [2.75, 3.05) is 0 Å². The third kappa shape index (κ3) is 2.25. The van der Waals surface area contributed by atoms with Gasteiger partial charge in [0.2, 0.25) is 6.43 Å². The molecule has 0 aromatic heterocycles. The van der Waals surface area contributed by atoms with Crippen molar-refractivity contribution in [2.45, 2.75) is 18.9 Å². The van der Waals surface area contributed by atoms with Crippen LogP contribution in [0.5, 0.6) is 0 Å². The van der Waals surface area contributed by atoms with Crippen molar-refractivity contribution in [1.29, 1.82) is 0 Å². The van der Waals surface area contributed by atoms with E-state index in [9.17, 15) is 8.78 Å². The van der Waals surface area contributed by atoms with Gasteiger partial charge < -0.3 is 5.73 Å². The average Bonchev–Trinajstić information content (AvgIpc) is 2.45. The molecule has 3 aromatic carbocycles. The summed E-state index contributed by atoms with van der Waals surface area (Å²) in [6.45, 7) is 0. The molecular weight excluding hydrogens is 256 g/mol. The molecule has 3 heteroatoms. The first-order valence-electron chi connectivity index (χ1n) is 6.61. The van der Waals surface area contributed by atoms with Gasteiger partial charge in [-0.05, 0) is 33.2 Å². The van der Waals surface area contributed by atoms with Crippen LogP contribution in [0.1, 0.15) is 18.0 Å². The van der Waals surface area contributed by atoms with E-state index in [1.807, 2.05) is 54.6 Å². The predicted molar refractivity (Wildman–Crippen MR) is 79.0 cm³/mol. The molecule has 0 bridgehead atoms. The summed E-state index contributed by atoms with van der Waals surface area (Å²) < 4.78 is 25.2. The lowest BCUT2D eigenvalue weighted by molar-refractivity contribution is 0.128. The Kier molecular flexibility index (Phi) is 3.36. The van der Waals surface area contributed by atoms with Crippen LogP contribution >= 0.6 is 0 Å². The van der Waals surface area contributed by atoms with Gasteiger partial charge in [-0.2, -0.15) is 0 Å². The van der Waals surface area contributed by atoms with E-state index in [1.54, 1.807) is 0 Å². The number of hydrogen-bond acceptors (Lipinski definition) is 1. The van der Waals surface area contributed by atoms with Crippen LogP contribution < -0.4 is 5.73 Å². The lowest BCUT2D eigenvalue weighted by atomic mass is 9.93. The fraction of sp³-hybridized carbons (Fsp3) is 0.176. The van der Waals surface area contributed by atoms with E-state index >= 15 is 0 Å². The van der Waals surface area contributed by atoms with Crippen LogP contribution in [0.15, 0.2) is 54.6 Å². The maximum atomic E-state index is 12.6. The Balaban J connectivity index is 2.29. The van der Waals surface area contributed by atoms with Crippen LogP contribution in [-0.2, 0) is 0 Å². The first-order valence-corrected chi connectivity index (χ1v) is 6.61. The minimum Gasteiger partial charge on any atom is -0.324 e. The molecule has 3 aromatic rings. The number of alkyl halides is 2. The van der Waals surface area contributed by atoms with Crippen LogP contribution in [0.4, 0.5) is 8.78 Å². The van der Waals surface area contributed by atoms with E-state index in [-0.39, 0.29) is 6.42 Å². The molecule has 0 spiro atoms. The topological polar surface area (TPSA) is 26.0 Å². The first kappa shape index (κ1) is 13.0. The molecule has 0 aliphatic rings. The number of halogens is 2. The molecule has 1 atom stereocenters. The highest BCUT2D eigenvalue weighted by molar-refractivity contribution is 6.09. The van der Waals surface area contributed by atoms with Crippen LogP contribution in [0.2, 0.25) is 0 Å². The van der Waals surface area contributed by atoms with Gasteiger partial charge in [0, 0.05) is 12.5 Å². The second-order valence-corrected chi connectivity index (χ2v) is 4.97. The zero-order chi connectivity index (χ0) is 14.1. The molecule has 0 amide bonds. The summed E-state index contributed by atoms with van der Waals surface area (Å²) in [5.41, 5.74) is 6.76. The molecule has 20 heavy (non-hydrogen) atoms. The SMILES string of the molecule is N[C@H](CC(F)F)c1cc2ccccc2c2ccccc12. The Hall–Kier alpha value is -2.00. The average molecular weight is 271 g/mol. The van der Waals surface area contributed by atoms with Gasteiger partial charge in [-0.1, -0.05) is 48.5 Å². The van der Waals surface area contributed by atoms with Crippen molar-refractivity contribution in [3.05, 3.63) is 60.2 Å². The Labute approximate surface area is 116 Å². The van der Waals surface area contributed by atoms with E-state index in [2.05, 4.69) is 0 Å². The van der Waals surface area contributed by atoms with Gasteiger partial charge in [0.05, 0.1) is 0 Å². The molecule has 102 valence electrons. The summed E-state index contributed by atoms with van der Waals surface area (Å²) in [7, 11) is 0. The molecule has 0 heterocycles. The zero-order valence-corrected chi connectivity index (χ0v) is 10.9. The maximum Gasteiger partial charge on any atom is 0.240 e. The fourth-order valence-corrected chi connectivity index (χ4v) is 2.71. The molecule has 3 rings (SSSR count). The van der Waals surface area contributed by atoms with Gasteiger partial charge in [0.15, 0.2) is 0 Å². The fourth-order valence-electron chi connectivity index (χ4n) is 2.71. The highest BCUT2D eigenvalue weighted by atomic mass is 19.3. The predicted octanol–water partition coefficient (Wildman–Crippen LogP) is 4.65. The molecule has 0 radical (unpaired) electrons. The van der Waals surface area contributed by atoms with Crippen molar-refractivity contribution in [3.63, 3.8) is 0 Å². The number of fused-ring (bicyclic) bond motifs is 3. The van der Waals surface area contributed by atoms with Gasteiger partial charge in [0.25, 0.3) is 0 Å². The first-order chi connectivity index (χ1) is 9.66. The summed E-state index contributed by atoms with van der Waals surface area (Å²) in [6, 6.07) is 17.1. The monoisotopic (exact) mass is 271 g/mol. The second-order valence-electron chi connectivity index (χ2n) is 4.97. The van der Waals surface area contributed by atoms with Gasteiger partial charge in [-0.3, -0.25) is 0 Å². The van der Waals surface area contributed by atoms with E-state index in [1.165, 1.54) is 0 Å². The smallest absolute Gasteiger partial charge is 0.240 e. The number of rotatable bonds is 3. The van der Waals surface area contributed by atoms with Crippen molar-refractivity contribution >= 4 is 21.5 Å². The summed E-state index contributed by atoms with van der Waals surface area (Å²) in [5.74, 6) is 0. The number of nitrogens with two attached hydrogens (primary N) is 1. The molecule has 0 unspecified atom stereocenters. The van der Waals surface area contributed by atoms with Crippen molar-refractivity contribution in [2.24, 2.45) is 5.73 Å². The van der Waals surface area contributed by atoms with E-state index in [0.717, 1.165) is 27.1 Å². The number of benzene rings is 3. The van der Waals surface area contributed by atoms with Gasteiger partial charge in [-0.25, -0.2) is 8.78 Å². The van der Waals surface area contributed by atoms with E-state index in [0.29, 0.717) is 0 Å². The van der Waals surface area contributed by atoms with Crippen LogP contribution in [0.25, 0.3) is 21.5 Å². The Morgan fingerprint density at radius 1 is 0.850 bits per heavy atom. The second kappa shape index (κ2) is 5.17. The van der Waals surface area contributed by atoms with E-state index < -0.39 is 12.5 Å².